The van der Waals surface area contributed by atoms with Crippen LogP contribution in [0.25, 0.3) is 0 Å². The molecule has 0 bridgehead atoms. The summed E-state index contributed by atoms with van der Waals surface area (Å²) in [6.45, 7) is 0. The van der Waals surface area contributed by atoms with E-state index in [4.69, 9.17) is 5.73 Å². The highest BCUT2D eigenvalue weighted by Crippen LogP contribution is 2.34. The van der Waals surface area contributed by atoms with Crippen molar-refractivity contribution >= 4 is 45.2 Å². The molecule has 0 amide bonds. The molecule has 8 heteroatoms. The van der Waals surface area contributed by atoms with E-state index in [-0.39, 0.29) is 11.5 Å². The molecule has 0 unspecified atom stereocenters. The molecule has 0 saturated carbocycles. The Morgan fingerprint density at radius 3 is 2.23 bits per heavy atom. The Balaban J connectivity index is 2.29. The van der Waals surface area contributed by atoms with E-state index in [1.54, 1.807) is 12.1 Å². The molecule has 0 aliphatic rings. The van der Waals surface area contributed by atoms with Gasteiger partial charge in [0.25, 0.3) is 0 Å². The number of ether oxygens (including phenoxy) is 1. The van der Waals surface area contributed by atoms with Gasteiger partial charge in [-0.05, 0) is 75.0 Å². The van der Waals surface area contributed by atoms with Crippen molar-refractivity contribution in [3.8, 4) is 11.5 Å². The quantitative estimate of drug-likeness (QED) is 0.568. The maximum Gasteiger partial charge on any atom is 0.573 e. The smallest absolute Gasteiger partial charge is 0.506 e. The van der Waals surface area contributed by atoms with E-state index in [1.807, 2.05) is 22.6 Å². The van der Waals surface area contributed by atoms with Crippen LogP contribution >= 0.6 is 45.2 Å². The van der Waals surface area contributed by atoms with Crippen molar-refractivity contribution in [1.29, 1.82) is 0 Å². The Kier molecular flexibility index (Phi) is 5.43. The summed E-state index contributed by atoms with van der Waals surface area (Å²) in [5.41, 5.74) is 7.19. The average molecular weight is 535 g/mol. The maximum atomic E-state index is 12.1. The van der Waals surface area contributed by atoms with Crippen LogP contribution in [0.4, 0.5) is 13.2 Å². The highest BCUT2D eigenvalue weighted by atomic mass is 127. The summed E-state index contributed by atoms with van der Waals surface area (Å²) < 4.78 is 41.8. The van der Waals surface area contributed by atoms with Gasteiger partial charge < -0.3 is 15.6 Å². The number of alkyl halides is 3. The van der Waals surface area contributed by atoms with E-state index in [0.29, 0.717) is 14.7 Å². The molecule has 2 aromatic carbocycles. The molecule has 0 spiro atoms. The lowest BCUT2D eigenvalue weighted by atomic mass is 9.99. The van der Waals surface area contributed by atoms with Crippen LogP contribution in [0.5, 0.6) is 11.5 Å². The van der Waals surface area contributed by atoms with Crippen molar-refractivity contribution < 1.29 is 23.0 Å². The molecule has 118 valence electrons. The first-order valence-corrected chi connectivity index (χ1v) is 8.12. The topological polar surface area (TPSA) is 55.5 Å². The molecular formula is C14H10F3I2NO2. The number of hydrogen-bond donors (Lipinski definition) is 2. The molecule has 2 rings (SSSR count). The highest BCUT2D eigenvalue weighted by Gasteiger charge is 2.31. The van der Waals surface area contributed by atoms with E-state index in [1.165, 1.54) is 24.3 Å². The Morgan fingerprint density at radius 1 is 1.09 bits per heavy atom. The normalized spacial score (nSPS) is 13.0. The van der Waals surface area contributed by atoms with Crippen LogP contribution < -0.4 is 10.5 Å². The van der Waals surface area contributed by atoms with Gasteiger partial charge in [-0.2, -0.15) is 0 Å². The molecule has 0 aromatic heterocycles. The van der Waals surface area contributed by atoms with E-state index in [0.717, 1.165) is 3.57 Å². The number of halogens is 5. The number of phenolic OH excluding ortho intramolecular Hbond substituents is 1. The minimum absolute atomic E-state index is 0.0733. The van der Waals surface area contributed by atoms with Crippen molar-refractivity contribution in [1.82, 2.24) is 0 Å². The van der Waals surface area contributed by atoms with E-state index in [9.17, 15) is 18.3 Å². The molecule has 0 radical (unpaired) electrons. The Hall–Kier alpha value is -0.750. The minimum Gasteiger partial charge on any atom is -0.506 e. The van der Waals surface area contributed by atoms with Gasteiger partial charge in [0.05, 0.1) is 9.61 Å². The first-order valence-electron chi connectivity index (χ1n) is 5.96. The van der Waals surface area contributed by atoms with Crippen LogP contribution in [0.2, 0.25) is 0 Å². The predicted octanol–water partition coefficient (Wildman–Crippen LogP) is 4.55. The SMILES string of the molecule is N[C@H](c1ccc(OC(F)(F)F)cc1)c1cc(I)cc(I)c1O. The first-order chi connectivity index (χ1) is 10.2. The van der Waals surface area contributed by atoms with Crippen molar-refractivity contribution in [2.75, 3.05) is 0 Å². The molecule has 0 aliphatic carbocycles. The van der Waals surface area contributed by atoms with E-state index in [2.05, 4.69) is 27.3 Å². The largest absolute Gasteiger partial charge is 0.573 e. The molecule has 0 aliphatic heterocycles. The van der Waals surface area contributed by atoms with Crippen molar-refractivity contribution in [2.45, 2.75) is 12.4 Å². The zero-order chi connectivity index (χ0) is 16.5. The van der Waals surface area contributed by atoms with Crippen LogP contribution in [-0.2, 0) is 0 Å². The molecular weight excluding hydrogens is 525 g/mol. The van der Waals surface area contributed by atoms with Crippen LogP contribution in [0.15, 0.2) is 36.4 Å². The van der Waals surface area contributed by atoms with Crippen molar-refractivity contribution in [3.05, 3.63) is 54.7 Å². The van der Waals surface area contributed by atoms with Gasteiger partial charge in [0, 0.05) is 9.13 Å². The van der Waals surface area contributed by atoms with Gasteiger partial charge in [0.1, 0.15) is 11.5 Å². The van der Waals surface area contributed by atoms with E-state index < -0.39 is 12.4 Å². The second kappa shape index (κ2) is 6.79. The fraction of sp³-hybridized carbons (Fsp3) is 0.143. The van der Waals surface area contributed by atoms with Gasteiger partial charge in [0.2, 0.25) is 0 Å². The Bertz CT molecular complexity index is 675. The Morgan fingerprint density at radius 2 is 1.68 bits per heavy atom. The van der Waals surface area contributed by atoms with Crippen molar-refractivity contribution in [3.63, 3.8) is 0 Å². The van der Waals surface area contributed by atoms with Gasteiger partial charge >= 0.3 is 6.36 Å². The second-order valence-electron chi connectivity index (χ2n) is 4.42. The summed E-state index contributed by atoms with van der Waals surface area (Å²) in [6.07, 6.45) is -4.73. The standard InChI is InChI=1S/C14H10F3I2NO2/c15-14(16,17)22-9-3-1-7(2-4-9)12(20)10-5-8(18)6-11(19)13(10)21/h1-6,12,21H,20H2/t12-/m1/s1. The lowest BCUT2D eigenvalue weighted by Gasteiger charge is -2.16. The summed E-state index contributed by atoms with van der Waals surface area (Å²) >= 11 is 4.10. The predicted molar refractivity (Wildman–Crippen MR) is 92.7 cm³/mol. The van der Waals surface area contributed by atoms with Crippen molar-refractivity contribution in [2.24, 2.45) is 5.73 Å². The highest BCUT2D eigenvalue weighted by molar-refractivity contribution is 14.1. The fourth-order valence-corrected chi connectivity index (χ4v) is 3.77. The molecule has 2 aromatic rings. The second-order valence-corrected chi connectivity index (χ2v) is 6.83. The molecule has 0 fully saturated rings. The van der Waals surface area contributed by atoms with Gasteiger partial charge in [-0.15, -0.1) is 13.2 Å². The van der Waals surface area contributed by atoms with Crippen LogP contribution in [0.3, 0.4) is 0 Å². The van der Waals surface area contributed by atoms with Gasteiger partial charge in [-0.1, -0.05) is 12.1 Å². The molecule has 0 heterocycles. The van der Waals surface area contributed by atoms with E-state index >= 15 is 0 Å². The monoisotopic (exact) mass is 535 g/mol. The number of benzene rings is 2. The molecule has 3 N–H and O–H groups in total. The molecule has 1 atom stereocenters. The number of aromatic hydroxyl groups is 1. The molecule has 3 nitrogen and oxygen atoms in total. The average Bonchev–Trinajstić information content (AvgIpc) is 2.41. The zero-order valence-corrected chi connectivity index (χ0v) is 15.2. The van der Waals surface area contributed by atoms with Crippen LogP contribution in [0, 0.1) is 7.14 Å². The number of phenols is 1. The number of rotatable bonds is 3. The summed E-state index contributed by atoms with van der Waals surface area (Å²) in [6, 6.07) is 8.16. The number of hydrogen-bond acceptors (Lipinski definition) is 3. The Labute approximate surface area is 151 Å². The van der Waals surface area contributed by atoms with Gasteiger partial charge in [-0.3, -0.25) is 0 Å². The third-order valence-electron chi connectivity index (χ3n) is 2.87. The maximum absolute atomic E-state index is 12.1. The summed E-state index contributed by atoms with van der Waals surface area (Å²) in [5.74, 6) is -0.242. The molecule has 22 heavy (non-hydrogen) atoms. The first kappa shape index (κ1) is 17.6. The zero-order valence-electron chi connectivity index (χ0n) is 10.9. The minimum atomic E-state index is -4.73. The fourth-order valence-electron chi connectivity index (χ4n) is 1.88. The van der Waals surface area contributed by atoms with Gasteiger partial charge in [0.15, 0.2) is 0 Å². The van der Waals surface area contributed by atoms with Gasteiger partial charge in [-0.25, -0.2) is 0 Å². The third-order valence-corrected chi connectivity index (χ3v) is 4.31. The molecule has 0 saturated heterocycles. The number of nitrogens with two attached hydrogens (primary N) is 1. The summed E-state index contributed by atoms with van der Waals surface area (Å²) in [4.78, 5) is 0. The van der Waals surface area contributed by atoms with Crippen LogP contribution in [0.1, 0.15) is 17.2 Å². The summed E-state index contributed by atoms with van der Waals surface area (Å²) in [7, 11) is 0. The third kappa shape index (κ3) is 4.38. The summed E-state index contributed by atoms with van der Waals surface area (Å²) in [5, 5.41) is 10.1. The lowest BCUT2D eigenvalue weighted by molar-refractivity contribution is -0.274. The van der Waals surface area contributed by atoms with Crippen LogP contribution in [-0.4, -0.2) is 11.5 Å². The lowest BCUT2D eigenvalue weighted by Crippen LogP contribution is -2.17.